The SMILES string of the molecule is COCCN1CCc2c(nc(Cl)nc2N2CCOCC2(C)C)C1. The van der Waals surface area contributed by atoms with Gasteiger partial charge in [-0.15, -0.1) is 0 Å². The highest BCUT2D eigenvalue weighted by atomic mass is 35.5. The first kappa shape index (κ1) is 16.9. The summed E-state index contributed by atoms with van der Waals surface area (Å²) in [6, 6.07) is 0. The lowest BCUT2D eigenvalue weighted by Gasteiger charge is -2.44. The van der Waals surface area contributed by atoms with E-state index in [0.717, 1.165) is 57.3 Å². The Kier molecular flexibility index (Phi) is 5.06. The molecule has 0 bridgehead atoms. The highest BCUT2D eigenvalue weighted by molar-refractivity contribution is 6.28. The van der Waals surface area contributed by atoms with Gasteiger partial charge in [0.05, 0.1) is 31.1 Å². The van der Waals surface area contributed by atoms with Crippen molar-refractivity contribution in [1.29, 1.82) is 0 Å². The Balaban J connectivity index is 1.90. The van der Waals surface area contributed by atoms with Crippen LogP contribution >= 0.6 is 11.6 Å². The number of halogens is 1. The van der Waals surface area contributed by atoms with E-state index in [9.17, 15) is 0 Å². The summed E-state index contributed by atoms with van der Waals surface area (Å²) in [5, 5.41) is 0.328. The normalized spacial score (nSPS) is 21.3. The molecule has 3 rings (SSSR count). The van der Waals surface area contributed by atoms with Gasteiger partial charge in [-0.25, -0.2) is 9.97 Å². The van der Waals surface area contributed by atoms with Crippen molar-refractivity contribution in [3.8, 4) is 0 Å². The third kappa shape index (κ3) is 3.60. The minimum atomic E-state index is -0.0864. The summed E-state index contributed by atoms with van der Waals surface area (Å²) in [4.78, 5) is 13.7. The molecule has 2 aliphatic heterocycles. The number of aromatic nitrogens is 2. The molecule has 0 aliphatic carbocycles. The average Bonchev–Trinajstić information content (AvgIpc) is 2.51. The molecule has 7 heteroatoms. The molecule has 1 aromatic rings. The smallest absolute Gasteiger partial charge is 0.224 e. The van der Waals surface area contributed by atoms with Crippen molar-refractivity contribution in [2.24, 2.45) is 0 Å². The topological polar surface area (TPSA) is 50.7 Å². The summed E-state index contributed by atoms with van der Waals surface area (Å²) in [7, 11) is 1.73. The molecule has 0 saturated carbocycles. The molecule has 6 nitrogen and oxygen atoms in total. The number of methoxy groups -OCH3 is 1. The standard InChI is InChI=1S/C16H25ClN4O2/c1-16(2)11-23-9-7-21(16)14-12-4-5-20(6-8-22-3)10-13(12)18-15(17)19-14/h4-11H2,1-3H3. The Morgan fingerprint density at radius 3 is 2.87 bits per heavy atom. The second-order valence-corrected chi connectivity index (χ2v) is 7.12. The number of rotatable bonds is 4. The molecule has 23 heavy (non-hydrogen) atoms. The Labute approximate surface area is 142 Å². The maximum absolute atomic E-state index is 6.22. The van der Waals surface area contributed by atoms with Crippen molar-refractivity contribution in [2.45, 2.75) is 32.4 Å². The lowest BCUT2D eigenvalue weighted by atomic mass is 9.99. The highest BCUT2D eigenvalue weighted by Gasteiger charge is 2.35. The van der Waals surface area contributed by atoms with E-state index in [1.165, 1.54) is 5.56 Å². The molecule has 0 aromatic carbocycles. The van der Waals surface area contributed by atoms with Gasteiger partial charge >= 0.3 is 0 Å². The van der Waals surface area contributed by atoms with Gasteiger partial charge in [0.2, 0.25) is 5.28 Å². The first-order valence-corrected chi connectivity index (χ1v) is 8.51. The molecular formula is C16H25ClN4O2. The molecule has 0 radical (unpaired) electrons. The molecule has 128 valence electrons. The minimum absolute atomic E-state index is 0.0864. The molecule has 0 amide bonds. The predicted octanol–water partition coefficient (Wildman–Crippen LogP) is 1.75. The number of fused-ring (bicyclic) bond motifs is 1. The van der Waals surface area contributed by atoms with Crippen molar-refractivity contribution in [1.82, 2.24) is 14.9 Å². The van der Waals surface area contributed by atoms with Gasteiger partial charge in [0.15, 0.2) is 0 Å². The molecule has 1 fully saturated rings. The molecule has 0 spiro atoms. The van der Waals surface area contributed by atoms with Crippen LogP contribution in [0.15, 0.2) is 0 Å². The number of hydrogen-bond acceptors (Lipinski definition) is 6. The third-order valence-corrected chi connectivity index (χ3v) is 4.78. The molecule has 1 aromatic heterocycles. The average molecular weight is 341 g/mol. The minimum Gasteiger partial charge on any atom is -0.383 e. The Morgan fingerprint density at radius 2 is 2.13 bits per heavy atom. The van der Waals surface area contributed by atoms with E-state index >= 15 is 0 Å². The van der Waals surface area contributed by atoms with Gasteiger partial charge < -0.3 is 14.4 Å². The largest absolute Gasteiger partial charge is 0.383 e. The Morgan fingerprint density at radius 1 is 1.30 bits per heavy atom. The fourth-order valence-electron chi connectivity index (χ4n) is 3.32. The Bertz CT molecular complexity index is 567. The predicted molar refractivity (Wildman–Crippen MR) is 90.1 cm³/mol. The number of hydrogen-bond donors (Lipinski definition) is 0. The van der Waals surface area contributed by atoms with E-state index < -0.39 is 0 Å². The van der Waals surface area contributed by atoms with Gasteiger partial charge in [-0.3, -0.25) is 4.90 Å². The Hall–Kier alpha value is -0.950. The van der Waals surface area contributed by atoms with E-state index in [1.807, 2.05) is 0 Å². The second-order valence-electron chi connectivity index (χ2n) is 6.78. The van der Waals surface area contributed by atoms with Crippen LogP contribution in [0.4, 0.5) is 5.82 Å². The quantitative estimate of drug-likeness (QED) is 0.778. The second kappa shape index (κ2) is 6.89. The fourth-order valence-corrected chi connectivity index (χ4v) is 3.50. The molecular weight excluding hydrogens is 316 g/mol. The number of nitrogens with zero attached hydrogens (tertiary/aromatic N) is 4. The van der Waals surface area contributed by atoms with Crippen molar-refractivity contribution < 1.29 is 9.47 Å². The van der Waals surface area contributed by atoms with Crippen LogP contribution in [0.5, 0.6) is 0 Å². The number of morpholine rings is 1. The van der Waals surface area contributed by atoms with Crippen LogP contribution in [-0.4, -0.2) is 67.0 Å². The van der Waals surface area contributed by atoms with Crippen LogP contribution in [0.25, 0.3) is 0 Å². The van der Waals surface area contributed by atoms with Gasteiger partial charge in [-0.2, -0.15) is 0 Å². The molecule has 2 aliphatic rings. The van der Waals surface area contributed by atoms with Gasteiger partial charge in [0, 0.05) is 38.9 Å². The zero-order valence-electron chi connectivity index (χ0n) is 14.1. The van der Waals surface area contributed by atoms with E-state index in [-0.39, 0.29) is 5.54 Å². The fraction of sp³-hybridized carbons (Fsp3) is 0.750. The van der Waals surface area contributed by atoms with E-state index in [0.29, 0.717) is 11.9 Å². The van der Waals surface area contributed by atoms with Gasteiger partial charge in [0.1, 0.15) is 5.82 Å². The number of anilines is 1. The molecule has 0 unspecified atom stereocenters. The summed E-state index contributed by atoms with van der Waals surface area (Å²) >= 11 is 6.22. The lowest BCUT2D eigenvalue weighted by molar-refractivity contribution is 0.0636. The summed E-state index contributed by atoms with van der Waals surface area (Å²) in [5.74, 6) is 0.986. The van der Waals surface area contributed by atoms with Crippen LogP contribution in [0, 0.1) is 0 Å². The van der Waals surface area contributed by atoms with E-state index in [1.54, 1.807) is 7.11 Å². The van der Waals surface area contributed by atoms with Crippen LogP contribution in [0.1, 0.15) is 25.1 Å². The molecule has 0 atom stereocenters. The zero-order chi connectivity index (χ0) is 16.4. The van der Waals surface area contributed by atoms with Crippen molar-refractivity contribution in [2.75, 3.05) is 51.5 Å². The zero-order valence-corrected chi connectivity index (χ0v) is 14.9. The van der Waals surface area contributed by atoms with E-state index in [4.69, 9.17) is 21.1 Å². The van der Waals surface area contributed by atoms with Crippen LogP contribution in [0.2, 0.25) is 5.28 Å². The van der Waals surface area contributed by atoms with Crippen LogP contribution < -0.4 is 4.90 Å². The third-order valence-electron chi connectivity index (χ3n) is 4.61. The lowest BCUT2D eigenvalue weighted by Crippen LogP contribution is -2.54. The maximum atomic E-state index is 6.22. The summed E-state index contributed by atoms with van der Waals surface area (Å²) in [6.07, 6.45) is 0.943. The van der Waals surface area contributed by atoms with Crippen molar-refractivity contribution >= 4 is 17.4 Å². The van der Waals surface area contributed by atoms with E-state index in [2.05, 4.69) is 33.6 Å². The molecule has 1 saturated heterocycles. The van der Waals surface area contributed by atoms with Crippen LogP contribution in [-0.2, 0) is 22.4 Å². The highest BCUT2D eigenvalue weighted by Crippen LogP contribution is 2.33. The van der Waals surface area contributed by atoms with Gasteiger partial charge in [0.25, 0.3) is 0 Å². The van der Waals surface area contributed by atoms with Gasteiger partial charge in [-0.1, -0.05) is 0 Å². The first-order valence-electron chi connectivity index (χ1n) is 8.13. The number of ether oxygens (including phenoxy) is 2. The molecule has 3 heterocycles. The van der Waals surface area contributed by atoms with Crippen molar-refractivity contribution in [3.05, 3.63) is 16.5 Å². The molecule has 0 N–H and O–H groups in total. The first-order chi connectivity index (χ1) is 11.0. The summed E-state index contributed by atoms with van der Waals surface area (Å²) < 4.78 is 10.8. The van der Waals surface area contributed by atoms with Crippen molar-refractivity contribution in [3.63, 3.8) is 0 Å². The van der Waals surface area contributed by atoms with Gasteiger partial charge in [-0.05, 0) is 31.9 Å². The maximum Gasteiger partial charge on any atom is 0.224 e. The summed E-state index contributed by atoms with van der Waals surface area (Å²) in [5.41, 5.74) is 2.19. The van der Waals surface area contributed by atoms with Crippen LogP contribution in [0.3, 0.4) is 0 Å². The summed E-state index contributed by atoms with van der Waals surface area (Å²) in [6.45, 7) is 10.1. The monoisotopic (exact) mass is 340 g/mol.